The van der Waals surface area contributed by atoms with E-state index in [1.54, 1.807) is 0 Å². The number of carbonyl (C=O) groups excluding carboxylic acids is 1. The van der Waals surface area contributed by atoms with Crippen LogP contribution in [0.5, 0.6) is 0 Å². The fourth-order valence-corrected chi connectivity index (χ4v) is 3.01. The third-order valence-corrected chi connectivity index (χ3v) is 3.72. The highest BCUT2D eigenvalue weighted by Crippen LogP contribution is 2.43. The molecule has 1 fully saturated rings. The maximum Gasteiger partial charge on any atom is 0.140 e. The zero-order valence-corrected chi connectivity index (χ0v) is 8.20. The van der Waals surface area contributed by atoms with E-state index < -0.39 is 0 Å². The van der Waals surface area contributed by atoms with Gasteiger partial charge in [0.2, 0.25) is 0 Å². The Kier molecular flexibility index (Phi) is 1.73. The van der Waals surface area contributed by atoms with Crippen molar-refractivity contribution in [2.24, 2.45) is 11.8 Å². The number of hydrogen-bond donors (Lipinski definition) is 0. The molecule has 0 amide bonds. The maximum atomic E-state index is 11.6. The number of rotatable bonds is 0. The van der Waals surface area contributed by atoms with Crippen molar-refractivity contribution in [2.75, 3.05) is 0 Å². The predicted molar refractivity (Wildman–Crippen MR) is 55.8 cm³/mol. The standard InChI is InChI=1S/C13H14O/c14-13-8-7-11-10-4-2-1-3-9(10)5-6-12(11)13/h1-4,9,12H,5-8H2. The lowest BCUT2D eigenvalue weighted by Gasteiger charge is -2.28. The van der Waals surface area contributed by atoms with Gasteiger partial charge in [0.15, 0.2) is 0 Å². The normalized spacial score (nSPS) is 34.7. The van der Waals surface area contributed by atoms with Gasteiger partial charge in [-0.05, 0) is 24.8 Å². The van der Waals surface area contributed by atoms with Gasteiger partial charge in [0.25, 0.3) is 0 Å². The molecular formula is C13H14O. The molecule has 0 spiro atoms. The summed E-state index contributed by atoms with van der Waals surface area (Å²) >= 11 is 0. The summed E-state index contributed by atoms with van der Waals surface area (Å²) in [4.78, 5) is 11.6. The summed E-state index contributed by atoms with van der Waals surface area (Å²) < 4.78 is 0. The second-order valence-electron chi connectivity index (χ2n) is 4.43. The van der Waals surface area contributed by atoms with Crippen molar-refractivity contribution >= 4 is 5.78 Å². The molecule has 0 aromatic heterocycles. The Morgan fingerprint density at radius 1 is 1.14 bits per heavy atom. The van der Waals surface area contributed by atoms with Crippen LogP contribution in [0.3, 0.4) is 0 Å². The van der Waals surface area contributed by atoms with Gasteiger partial charge in [-0.2, -0.15) is 0 Å². The fourth-order valence-electron chi connectivity index (χ4n) is 3.01. The first kappa shape index (κ1) is 8.22. The second-order valence-corrected chi connectivity index (χ2v) is 4.43. The molecule has 14 heavy (non-hydrogen) atoms. The Hall–Kier alpha value is -1.11. The Morgan fingerprint density at radius 2 is 2.07 bits per heavy atom. The monoisotopic (exact) mass is 186 g/mol. The zero-order valence-electron chi connectivity index (χ0n) is 8.20. The fraction of sp³-hybridized carbons (Fsp3) is 0.462. The third-order valence-electron chi connectivity index (χ3n) is 3.72. The van der Waals surface area contributed by atoms with Crippen LogP contribution in [-0.2, 0) is 4.79 Å². The van der Waals surface area contributed by atoms with Crippen LogP contribution in [0.2, 0.25) is 0 Å². The smallest absolute Gasteiger partial charge is 0.140 e. The van der Waals surface area contributed by atoms with Crippen LogP contribution in [0.15, 0.2) is 35.5 Å². The van der Waals surface area contributed by atoms with Gasteiger partial charge in [-0.3, -0.25) is 4.79 Å². The average Bonchev–Trinajstić information content (AvgIpc) is 2.61. The van der Waals surface area contributed by atoms with Crippen LogP contribution in [0.1, 0.15) is 25.7 Å². The van der Waals surface area contributed by atoms with Crippen molar-refractivity contribution in [3.05, 3.63) is 35.5 Å². The minimum absolute atomic E-state index is 0.289. The highest BCUT2D eigenvalue weighted by atomic mass is 16.1. The molecular weight excluding hydrogens is 172 g/mol. The molecule has 0 saturated heterocycles. The topological polar surface area (TPSA) is 17.1 Å². The van der Waals surface area contributed by atoms with Gasteiger partial charge < -0.3 is 0 Å². The number of ketones is 1. The molecule has 0 heterocycles. The van der Waals surface area contributed by atoms with Crippen molar-refractivity contribution in [2.45, 2.75) is 25.7 Å². The van der Waals surface area contributed by atoms with Gasteiger partial charge in [-0.1, -0.05) is 29.9 Å². The average molecular weight is 186 g/mol. The summed E-state index contributed by atoms with van der Waals surface area (Å²) in [6.07, 6.45) is 12.8. The van der Waals surface area contributed by atoms with Gasteiger partial charge in [0, 0.05) is 18.3 Å². The summed E-state index contributed by atoms with van der Waals surface area (Å²) in [7, 11) is 0. The molecule has 0 N–H and O–H groups in total. The minimum atomic E-state index is 0.289. The van der Waals surface area contributed by atoms with Gasteiger partial charge in [-0.25, -0.2) is 0 Å². The zero-order chi connectivity index (χ0) is 9.54. The van der Waals surface area contributed by atoms with E-state index in [9.17, 15) is 4.79 Å². The Labute approximate surface area is 84.2 Å². The third kappa shape index (κ3) is 1.05. The van der Waals surface area contributed by atoms with E-state index in [1.807, 2.05) is 0 Å². The number of allylic oxidation sites excluding steroid dienone is 6. The molecule has 0 aromatic carbocycles. The first-order valence-corrected chi connectivity index (χ1v) is 5.47. The van der Waals surface area contributed by atoms with Crippen LogP contribution < -0.4 is 0 Å². The van der Waals surface area contributed by atoms with Crippen LogP contribution >= 0.6 is 0 Å². The SMILES string of the molecule is O=C1CCC2=C3C=CC=CC3CCC12. The molecule has 1 heteroatoms. The van der Waals surface area contributed by atoms with E-state index in [-0.39, 0.29) is 5.92 Å². The molecule has 3 rings (SSSR count). The van der Waals surface area contributed by atoms with Crippen molar-refractivity contribution < 1.29 is 4.79 Å². The van der Waals surface area contributed by atoms with Crippen LogP contribution in [0, 0.1) is 11.8 Å². The Balaban J connectivity index is 2.07. The molecule has 0 aromatic rings. The van der Waals surface area contributed by atoms with Gasteiger partial charge in [0.1, 0.15) is 5.78 Å². The van der Waals surface area contributed by atoms with Crippen molar-refractivity contribution in [1.29, 1.82) is 0 Å². The lowest BCUT2D eigenvalue weighted by Crippen LogP contribution is -2.19. The highest BCUT2D eigenvalue weighted by Gasteiger charge is 2.36. The minimum Gasteiger partial charge on any atom is -0.299 e. The molecule has 0 bridgehead atoms. The van der Waals surface area contributed by atoms with E-state index >= 15 is 0 Å². The van der Waals surface area contributed by atoms with E-state index in [2.05, 4.69) is 24.3 Å². The van der Waals surface area contributed by atoms with Crippen molar-refractivity contribution in [1.82, 2.24) is 0 Å². The molecule has 1 saturated carbocycles. The Bertz CT molecular complexity index is 371. The number of carbonyl (C=O) groups is 1. The van der Waals surface area contributed by atoms with Crippen LogP contribution in [0.4, 0.5) is 0 Å². The second kappa shape index (κ2) is 2.94. The molecule has 3 aliphatic carbocycles. The maximum absolute atomic E-state index is 11.6. The number of Topliss-reactive ketones (excluding diaryl/α,β-unsaturated/α-hetero) is 1. The van der Waals surface area contributed by atoms with Crippen LogP contribution in [0.25, 0.3) is 0 Å². The lowest BCUT2D eigenvalue weighted by molar-refractivity contribution is -0.120. The molecule has 2 unspecified atom stereocenters. The molecule has 1 nitrogen and oxygen atoms in total. The van der Waals surface area contributed by atoms with Crippen molar-refractivity contribution in [3.63, 3.8) is 0 Å². The van der Waals surface area contributed by atoms with E-state index in [0.29, 0.717) is 11.7 Å². The number of hydrogen-bond acceptors (Lipinski definition) is 1. The summed E-state index contributed by atoms with van der Waals surface area (Å²) in [6, 6.07) is 0. The van der Waals surface area contributed by atoms with E-state index in [1.165, 1.54) is 11.1 Å². The molecule has 0 radical (unpaired) electrons. The van der Waals surface area contributed by atoms with Crippen LogP contribution in [-0.4, -0.2) is 5.78 Å². The molecule has 0 aliphatic heterocycles. The first-order chi connectivity index (χ1) is 6.86. The van der Waals surface area contributed by atoms with E-state index in [4.69, 9.17) is 0 Å². The highest BCUT2D eigenvalue weighted by molar-refractivity contribution is 5.87. The largest absolute Gasteiger partial charge is 0.299 e. The summed E-state index contributed by atoms with van der Waals surface area (Å²) in [5, 5.41) is 0. The summed E-state index contributed by atoms with van der Waals surface area (Å²) in [5.41, 5.74) is 2.90. The number of fused-ring (bicyclic) bond motifs is 2. The molecule has 3 aliphatic rings. The van der Waals surface area contributed by atoms with Gasteiger partial charge in [0.05, 0.1) is 0 Å². The molecule has 2 atom stereocenters. The Morgan fingerprint density at radius 3 is 3.00 bits per heavy atom. The molecule has 72 valence electrons. The summed E-state index contributed by atoms with van der Waals surface area (Å²) in [5.74, 6) is 1.38. The lowest BCUT2D eigenvalue weighted by atomic mass is 9.76. The van der Waals surface area contributed by atoms with E-state index in [0.717, 1.165) is 25.7 Å². The predicted octanol–water partition coefficient (Wildman–Crippen LogP) is 2.80. The first-order valence-electron chi connectivity index (χ1n) is 5.47. The van der Waals surface area contributed by atoms with Gasteiger partial charge in [-0.15, -0.1) is 0 Å². The van der Waals surface area contributed by atoms with Crippen molar-refractivity contribution in [3.8, 4) is 0 Å². The quantitative estimate of drug-likeness (QED) is 0.568. The van der Waals surface area contributed by atoms with Gasteiger partial charge >= 0.3 is 0 Å². The summed E-state index contributed by atoms with van der Waals surface area (Å²) in [6.45, 7) is 0.